The fourth-order valence-corrected chi connectivity index (χ4v) is 3.82. The predicted molar refractivity (Wildman–Crippen MR) is 65.2 cm³/mol. The second-order valence-corrected chi connectivity index (χ2v) is 5.52. The molecule has 17 heavy (non-hydrogen) atoms. The third-order valence-corrected chi connectivity index (χ3v) is 4.60. The first-order chi connectivity index (χ1) is 8.43. The Balaban J connectivity index is 2.13. The largest absolute Gasteiger partial charge is 0.225 e. The number of fused-ring (bicyclic) bond motifs is 5. The Morgan fingerprint density at radius 2 is 2.12 bits per heavy atom. The van der Waals surface area contributed by atoms with Crippen LogP contribution in [0.4, 0.5) is 0 Å². The van der Waals surface area contributed by atoms with Gasteiger partial charge in [-0.3, -0.25) is 0 Å². The van der Waals surface area contributed by atoms with Crippen molar-refractivity contribution in [2.75, 3.05) is 0 Å². The first kappa shape index (κ1) is 9.47. The summed E-state index contributed by atoms with van der Waals surface area (Å²) in [4.78, 5) is 7.03. The zero-order valence-electron chi connectivity index (χ0n) is 9.26. The van der Waals surface area contributed by atoms with Gasteiger partial charge in [0.1, 0.15) is 11.2 Å². The number of hydrogen-bond acceptors (Lipinski definition) is 5. The molecule has 0 atom stereocenters. The third kappa shape index (κ3) is 1.30. The summed E-state index contributed by atoms with van der Waals surface area (Å²) in [5.74, 6) is 0. The average Bonchev–Trinajstić information content (AvgIpc) is 2.87. The van der Waals surface area contributed by atoms with Crippen LogP contribution in [0.15, 0.2) is 6.33 Å². The molecule has 0 saturated heterocycles. The SMILES string of the molecule is c1nc2sc3c(c2c2nnnn12)CCCCC3. The van der Waals surface area contributed by atoms with Crippen molar-refractivity contribution in [3.8, 4) is 0 Å². The number of tetrazole rings is 1. The van der Waals surface area contributed by atoms with Gasteiger partial charge in [-0.15, -0.1) is 16.4 Å². The molecule has 0 radical (unpaired) electrons. The molecule has 0 spiro atoms. The molecule has 6 heteroatoms. The second-order valence-electron chi connectivity index (χ2n) is 4.44. The van der Waals surface area contributed by atoms with Gasteiger partial charge in [-0.25, -0.2) is 4.98 Å². The summed E-state index contributed by atoms with van der Waals surface area (Å²) in [6.45, 7) is 0. The molecule has 0 saturated carbocycles. The van der Waals surface area contributed by atoms with Crippen molar-refractivity contribution in [3.63, 3.8) is 0 Å². The highest BCUT2D eigenvalue weighted by Gasteiger charge is 2.18. The zero-order chi connectivity index (χ0) is 11.2. The van der Waals surface area contributed by atoms with Crippen molar-refractivity contribution in [1.82, 2.24) is 25.0 Å². The molecule has 0 bridgehead atoms. The molecule has 0 aliphatic heterocycles. The molecule has 4 rings (SSSR count). The van der Waals surface area contributed by atoms with E-state index in [1.807, 2.05) is 11.3 Å². The van der Waals surface area contributed by atoms with Gasteiger partial charge in [0.25, 0.3) is 0 Å². The van der Waals surface area contributed by atoms with E-state index < -0.39 is 0 Å². The summed E-state index contributed by atoms with van der Waals surface area (Å²) < 4.78 is 1.67. The van der Waals surface area contributed by atoms with Gasteiger partial charge in [-0.2, -0.15) is 4.52 Å². The molecule has 3 heterocycles. The third-order valence-electron chi connectivity index (χ3n) is 3.40. The van der Waals surface area contributed by atoms with Gasteiger partial charge in [-0.1, -0.05) is 6.42 Å². The quantitative estimate of drug-likeness (QED) is 0.568. The molecular formula is C11H11N5S. The lowest BCUT2D eigenvalue weighted by atomic mass is 10.1. The Bertz CT molecular complexity index is 698. The van der Waals surface area contributed by atoms with Gasteiger partial charge in [0.2, 0.25) is 0 Å². The highest BCUT2D eigenvalue weighted by molar-refractivity contribution is 7.19. The van der Waals surface area contributed by atoms with Gasteiger partial charge in [0.15, 0.2) is 5.65 Å². The fourth-order valence-electron chi connectivity index (χ4n) is 2.59. The summed E-state index contributed by atoms with van der Waals surface area (Å²) in [6, 6.07) is 0. The maximum atomic E-state index is 4.46. The van der Waals surface area contributed by atoms with Crippen molar-refractivity contribution >= 4 is 27.2 Å². The first-order valence-electron chi connectivity index (χ1n) is 5.90. The molecule has 0 amide bonds. The lowest BCUT2D eigenvalue weighted by molar-refractivity contribution is 0.713. The standard InChI is InChI=1S/C11H11N5S/c1-2-4-7-8(5-3-1)17-11-9(7)10-13-14-15-16(10)6-12-11/h6H,1-5H2. The Labute approximate surface area is 101 Å². The summed E-state index contributed by atoms with van der Waals surface area (Å²) in [7, 11) is 0. The molecule has 5 nitrogen and oxygen atoms in total. The summed E-state index contributed by atoms with van der Waals surface area (Å²) in [5, 5.41) is 13.0. The summed E-state index contributed by atoms with van der Waals surface area (Å²) >= 11 is 1.81. The molecule has 0 fully saturated rings. The second kappa shape index (κ2) is 3.46. The monoisotopic (exact) mass is 245 g/mol. The number of aryl methyl sites for hydroxylation is 2. The van der Waals surface area contributed by atoms with Crippen molar-refractivity contribution in [2.24, 2.45) is 0 Å². The van der Waals surface area contributed by atoms with Crippen molar-refractivity contribution in [2.45, 2.75) is 32.1 Å². The van der Waals surface area contributed by atoms with Crippen LogP contribution in [-0.2, 0) is 12.8 Å². The van der Waals surface area contributed by atoms with Crippen molar-refractivity contribution in [3.05, 3.63) is 16.8 Å². The van der Waals surface area contributed by atoms with Gasteiger partial charge in [-0.05, 0) is 41.7 Å². The molecule has 3 aromatic heterocycles. The summed E-state index contributed by atoms with van der Waals surface area (Å²) in [6.07, 6.45) is 7.91. The average molecular weight is 245 g/mol. The summed E-state index contributed by atoms with van der Waals surface area (Å²) in [5.41, 5.74) is 2.30. The maximum absolute atomic E-state index is 4.46. The van der Waals surface area contributed by atoms with Gasteiger partial charge in [0.05, 0.1) is 5.39 Å². The Hall–Kier alpha value is -1.56. The van der Waals surface area contributed by atoms with Crippen LogP contribution in [0.25, 0.3) is 15.9 Å². The lowest BCUT2D eigenvalue weighted by Gasteiger charge is -1.98. The highest BCUT2D eigenvalue weighted by Crippen LogP contribution is 2.35. The number of nitrogens with zero attached hydrogens (tertiary/aromatic N) is 5. The normalized spacial score (nSPS) is 16.2. The maximum Gasteiger partial charge on any atom is 0.191 e. The van der Waals surface area contributed by atoms with Crippen molar-refractivity contribution in [1.29, 1.82) is 0 Å². The van der Waals surface area contributed by atoms with Crippen LogP contribution in [0.5, 0.6) is 0 Å². The van der Waals surface area contributed by atoms with E-state index in [4.69, 9.17) is 0 Å². The minimum Gasteiger partial charge on any atom is -0.225 e. The van der Waals surface area contributed by atoms with Crippen LogP contribution in [0.3, 0.4) is 0 Å². The number of thiophene rings is 1. The zero-order valence-corrected chi connectivity index (χ0v) is 10.1. The molecule has 1 aliphatic rings. The van der Waals surface area contributed by atoms with Crippen LogP contribution in [0.2, 0.25) is 0 Å². The van der Waals surface area contributed by atoms with Gasteiger partial charge in [0, 0.05) is 4.88 Å². The molecule has 0 aromatic carbocycles. The fraction of sp³-hybridized carbons (Fsp3) is 0.455. The van der Waals surface area contributed by atoms with E-state index in [0.29, 0.717) is 0 Å². The smallest absolute Gasteiger partial charge is 0.191 e. The van der Waals surface area contributed by atoms with Crippen LogP contribution < -0.4 is 0 Å². The Morgan fingerprint density at radius 1 is 1.18 bits per heavy atom. The first-order valence-corrected chi connectivity index (χ1v) is 6.72. The van der Waals surface area contributed by atoms with E-state index in [9.17, 15) is 0 Å². The van der Waals surface area contributed by atoms with E-state index in [1.54, 1.807) is 10.8 Å². The molecule has 86 valence electrons. The van der Waals surface area contributed by atoms with E-state index in [0.717, 1.165) is 16.9 Å². The van der Waals surface area contributed by atoms with Gasteiger partial charge >= 0.3 is 0 Å². The molecule has 1 aliphatic carbocycles. The number of hydrogen-bond donors (Lipinski definition) is 0. The van der Waals surface area contributed by atoms with Crippen LogP contribution in [-0.4, -0.2) is 25.0 Å². The van der Waals surface area contributed by atoms with Gasteiger partial charge < -0.3 is 0 Å². The number of rotatable bonds is 0. The van der Waals surface area contributed by atoms with E-state index in [-0.39, 0.29) is 0 Å². The lowest BCUT2D eigenvalue weighted by Crippen LogP contribution is -1.92. The van der Waals surface area contributed by atoms with E-state index in [2.05, 4.69) is 20.5 Å². The minimum absolute atomic E-state index is 0.856. The molecule has 0 N–H and O–H groups in total. The Kier molecular flexibility index (Phi) is 1.93. The molecule has 3 aromatic rings. The minimum atomic E-state index is 0.856. The Morgan fingerprint density at radius 3 is 3.12 bits per heavy atom. The number of aromatic nitrogens is 5. The van der Waals surface area contributed by atoms with E-state index in [1.165, 1.54) is 41.5 Å². The predicted octanol–water partition coefficient (Wildman–Crippen LogP) is 2.00. The van der Waals surface area contributed by atoms with Crippen LogP contribution >= 0.6 is 11.3 Å². The van der Waals surface area contributed by atoms with Crippen molar-refractivity contribution < 1.29 is 0 Å². The van der Waals surface area contributed by atoms with E-state index >= 15 is 0 Å². The topological polar surface area (TPSA) is 56.0 Å². The highest BCUT2D eigenvalue weighted by atomic mass is 32.1. The molecular weight excluding hydrogens is 234 g/mol. The molecule has 0 unspecified atom stereocenters. The van der Waals surface area contributed by atoms with Crippen LogP contribution in [0, 0.1) is 0 Å². The van der Waals surface area contributed by atoms with Crippen LogP contribution in [0.1, 0.15) is 29.7 Å².